The number of alkyl carbamates (subject to hydrolysis) is 2. The van der Waals surface area contributed by atoms with E-state index in [0.717, 1.165) is 26.2 Å². The standard InChI is InChI=1S/C22H31N5O6.C14H16ClN3O4/c1-3-31-19(28)15-26-11-9-25(10-12-26)13-18-14-27(22(30)33-18)17-7-5-16(6-8-17)20(23)24-21(29)32-4-2;1-2-21-13(19)17-12(16)9-3-5-10(6-4-9)18-8-11(7-15)22-14(18)20/h5-8,18H,3-4,9-15H2,1-2H3,(H2,23,24,29);3-6,11H,2,7-8H2,1H3,(H2,16,17,19)/t18-;11-/m10/s1. The van der Waals surface area contributed by atoms with Crippen molar-refractivity contribution in [3.05, 3.63) is 59.7 Å². The van der Waals surface area contributed by atoms with Crippen molar-refractivity contribution in [2.75, 3.05) is 87.9 Å². The molecule has 2 atom stereocenters. The summed E-state index contributed by atoms with van der Waals surface area (Å²) < 4.78 is 25.1. The average molecular weight is 787 g/mol. The number of rotatable bonds is 12. The summed E-state index contributed by atoms with van der Waals surface area (Å²) in [6, 6.07) is 13.4. The zero-order valence-electron chi connectivity index (χ0n) is 31.0. The van der Waals surface area contributed by atoms with E-state index in [1.54, 1.807) is 74.2 Å². The van der Waals surface area contributed by atoms with Crippen LogP contribution in [0.3, 0.4) is 0 Å². The molecule has 3 aliphatic rings. The molecule has 3 saturated heterocycles. The van der Waals surface area contributed by atoms with Gasteiger partial charge in [-0.1, -0.05) is 0 Å². The highest BCUT2D eigenvalue weighted by Crippen LogP contribution is 2.24. The Kier molecular flexibility index (Phi) is 16.0. The molecule has 3 aliphatic heterocycles. The number of hydrogen-bond donors (Lipinski definition) is 4. The predicted octanol–water partition coefficient (Wildman–Crippen LogP) is 3.59. The van der Waals surface area contributed by atoms with Gasteiger partial charge in [0.25, 0.3) is 0 Å². The molecular weight excluding hydrogens is 740 g/mol. The van der Waals surface area contributed by atoms with Crippen LogP contribution in [0.15, 0.2) is 48.5 Å². The lowest BCUT2D eigenvalue weighted by Crippen LogP contribution is -2.50. The third kappa shape index (κ3) is 12.5. The van der Waals surface area contributed by atoms with Crippen LogP contribution in [0.1, 0.15) is 31.9 Å². The van der Waals surface area contributed by atoms with Crippen molar-refractivity contribution >= 4 is 65.0 Å². The number of benzene rings is 2. The van der Waals surface area contributed by atoms with Crippen molar-refractivity contribution in [3.8, 4) is 0 Å². The van der Waals surface area contributed by atoms with E-state index in [0.29, 0.717) is 55.3 Å². The summed E-state index contributed by atoms with van der Waals surface area (Å²) in [5, 5.41) is 20.4. The normalized spacial score (nSPS) is 18.3. The predicted molar refractivity (Wildman–Crippen MR) is 202 cm³/mol. The van der Waals surface area contributed by atoms with Gasteiger partial charge in [-0.25, -0.2) is 19.2 Å². The van der Waals surface area contributed by atoms with E-state index in [1.165, 1.54) is 4.90 Å². The maximum atomic E-state index is 12.4. The summed E-state index contributed by atoms with van der Waals surface area (Å²) in [6.07, 6.45) is -2.79. The molecule has 55 heavy (non-hydrogen) atoms. The first kappa shape index (κ1) is 42.3. The molecule has 2 aromatic rings. The Morgan fingerprint density at radius 1 is 0.691 bits per heavy atom. The van der Waals surface area contributed by atoms with E-state index < -0.39 is 24.4 Å². The number of carbonyl (C=O) groups is 5. The summed E-state index contributed by atoms with van der Waals surface area (Å²) >= 11 is 5.68. The topological polar surface area (TPSA) is 216 Å². The van der Waals surface area contributed by atoms with Gasteiger partial charge in [0.1, 0.15) is 23.9 Å². The van der Waals surface area contributed by atoms with Gasteiger partial charge < -0.3 is 23.7 Å². The first-order valence-corrected chi connectivity index (χ1v) is 18.4. The zero-order chi connectivity index (χ0) is 39.9. The number of amides is 4. The third-order valence-corrected chi connectivity index (χ3v) is 8.79. The number of amidine groups is 2. The van der Waals surface area contributed by atoms with Crippen LogP contribution >= 0.6 is 11.6 Å². The molecular formula is C36H47ClN8O10. The molecule has 2 aromatic carbocycles. The highest BCUT2D eigenvalue weighted by Gasteiger charge is 2.34. The SMILES string of the molecule is CCOC(=O)CN1CCN(C[C@@H]2CN(c3ccc(C(=N)NC(=O)OCC)cc3)C(=O)O2)CC1.CCOC(=O)NC(=N)c1ccc(N2C[C@H](CCl)OC2=O)cc1. The van der Waals surface area contributed by atoms with Crippen molar-refractivity contribution in [1.82, 2.24) is 20.4 Å². The fourth-order valence-corrected chi connectivity index (χ4v) is 5.91. The number of nitrogens with zero attached hydrogens (tertiary/aromatic N) is 4. The minimum Gasteiger partial charge on any atom is -0.465 e. The summed E-state index contributed by atoms with van der Waals surface area (Å²) in [5.41, 5.74) is 2.30. The van der Waals surface area contributed by atoms with Crippen LogP contribution in [0.4, 0.5) is 30.6 Å². The van der Waals surface area contributed by atoms with E-state index in [-0.39, 0.29) is 48.9 Å². The number of alkyl halides is 1. The number of carbonyl (C=O) groups excluding carboxylic acids is 5. The highest BCUT2D eigenvalue weighted by atomic mass is 35.5. The third-order valence-electron chi connectivity index (χ3n) is 8.45. The van der Waals surface area contributed by atoms with Crippen LogP contribution in [0, 0.1) is 10.8 Å². The highest BCUT2D eigenvalue weighted by molar-refractivity contribution is 6.18. The molecule has 0 saturated carbocycles. The summed E-state index contributed by atoms with van der Waals surface area (Å²) in [7, 11) is 0. The Morgan fingerprint density at radius 3 is 1.53 bits per heavy atom. The van der Waals surface area contributed by atoms with Crippen LogP contribution in [-0.4, -0.2) is 142 Å². The van der Waals surface area contributed by atoms with Gasteiger partial charge in [0.2, 0.25) is 0 Å². The van der Waals surface area contributed by atoms with Gasteiger partial charge in [0, 0.05) is 55.2 Å². The summed E-state index contributed by atoms with van der Waals surface area (Å²) in [6.45, 7) is 10.9. The molecule has 0 aliphatic carbocycles. The fourth-order valence-electron chi connectivity index (χ4n) is 5.75. The van der Waals surface area contributed by atoms with Gasteiger partial charge in [-0.15, -0.1) is 11.6 Å². The minimum absolute atomic E-state index is 0.0763. The first-order valence-electron chi connectivity index (χ1n) is 17.8. The molecule has 0 unspecified atom stereocenters. The maximum Gasteiger partial charge on any atom is 0.414 e. The monoisotopic (exact) mass is 786 g/mol. The average Bonchev–Trinajstić information content (AvgIpc) is 3.73. The van der Waals surface area contributed by atoms with Gasteiger partial charge >= 0.3 is 30.3 Å². The number of piperazine rings is 1. The van der Waals surface area contributed by atoms with Crippen LogP contribution in [0.25, 0.3) is 0 Å². The zero-order valence-corrected chi connectivity index (χ0v) is 31.8. The molecule has 0 bridgehead atoms. The van der Waals surface area contributed by atoms with Crippen LogP contribution in [0.5, 0.6) is 0 Å². The second-order valence-corrected chi connectivity index (χ2v) is 12.6. The number of hydrogen-bond acceptors (Lipinski definition) is 14. The molecule has 298 valence electrons. The molecule has 4 amide bonds. The van der Waals surface area contributed by atoms with Crippen LogP contribution < -0.4 is 20.4 Å². The van der Waals surface area contributed by atoms with Crippen molar-refractivity contribution in [3.63, 3.8) is 0 Å². The lowest BCUT2D eigenvalue weighted by atomic mass is 10.1. The fraction of sp³-hybridized carbons (Fsp3) is 0.472. The Labute approximate surface area is 323 Å². The largest absolute Gasteiger partial charge is 0.465 e. The molecule has 19 heteroatoms. The molecule has 0 spiro atoms. The molecule has 0 aromatic heterocycles. The quantitative estimate of drug-likeness (QED) is 0.0799. The van der Waals surface area contributed by atoms with Gasteiger partial charge in [-0.05, 0) is 69.3 Å². The molecule has 3 heterocycles. The number of esters is 1. The smallest absolute Gasteiger partial charge is 0.414 e. The second-order valence-electron chi connectivity index (χ2n) is 12.3. The lowest BCUT2D eigenvalue weighted by Gasteiger charge is -2.34. The lowest BCUT2D eigenvalue weighted by molar-refractivity contribution is -0.144. The van der Waals surface area contributed by atoms with Crippen LogP contribution in [0.2, 0.25) is 0 Å². The van der Waals surface area contributed by atoms with Gasteiger partial charge in [0.15, 0.2) is 0 Å². The number of nitrogens with one attached hydrogen (secondary N) is 4. The molecule has 4 N–H and O–H groups in total. The Hall–Kier alpha value is -5.46. The second kappa shape index (κ2) is 20.8. The van der Waals surface area contributed by atoms with E-state index >= 15 is 0 Å². The first-order chi connectivity index (χ1) is 26.4. The molecule has 0 radical (unpaired) electrons. The van der Waals surface area contributed by atoms with Gasteiger partial charge in [0.05, 0.1) is 45.3 Å². The van der Waals surface area contributed by atoms with Crippen molar-refractivity contribution in [2.45, 2.75) is 33.0 Å². The van der Waals surface area contributed by atoms with E-state index in [9.17, 15) is 24.0 Å². The van der Waals surface area contributed by atoms with Crippen molar-refractivity contribution in [2.24, 2.45) is 0 Å². The molecule has 5 rings (SSSR count). The summed E-state index contributed by atoms with van der Waals surface area (Å²) in [5.74, 6) is -0.116. The molecule has 3 fully saturated rings. The van der Waals surface area contributed by atoms with E-state index in [1.807, 2.05) is 0 Å². The van der Waals surface area contributed by atoms with Crippen molar-refractivity contribution in [1.29, 1.82) is 10.8 Å². The van der Waals surface area contributed by atoms with Crippen LogP contribution in [-0.2, 0) is 28.5 Å². The number of cyclic esters (lactones) is 2. The summed E-state index contributed by atoms with van der Waals surface area (Å²) in [4.78, 5) is 65.8. The van der Waals surface area contributed by atoms with Crippen molar-refractivity contribution < 1.29 is 47.7 Å². The number of ether oxygens (including phenoxy) is 5. The molecule has 18 nitrogen and oxygen atoms in total. The Morgan fingerprint density at radius 2 is 1.11 bits per heavy atom. The minimum atomic E-state index is -0.681. The Balaban J connectivity index is 0.000000265. The number of halogens is 1. The Bertz CT molecular complexity index is 1670. The maximum absolute atomic E-state index is 12.4. The van der Waals surface area contributed by atoms with E-state index in [4.69, 9.17) is 46.1 Å². The van der Waals surface area contributed by atoms with E-state index in [2.05, 4.69) is 20.4 Å². The van der Waals surface area contributed by atoms with Gasteiger partial charge in [-0.2, -0.15) is 0 Å². The van der Waals surface area contributed by atoms with Gasteiger partial charge in [-0.3, -0.25) is 45.8 Å². The number of anilines is 2.